The van der Waals surface area contributed by atoms with Crippen LogP contribution in [0.5, 0.6) is 0 Å². The summed E-state index contributed by atoms with van der Waals surface area (Å²) in [7, 11) is 0. The minimum absolute atomic E-state index is 0. The summed E-state index contributed by atoms with van der Waals surface area (Å²) >= 11 is 0. The molecule has 0 saturated heterocycles. The normalized spacial score (nSPS) is 10.2. The van der Waals surface area contributed by atoms with Crippen LogP contribution in [-0.2, 0) is 49.8 Å². The van der Waals surface area contributed by atoms with Gasteiger partial charge in [0.1, 0.15) is 0 Å². The van der Waals surface area contributed by atoms with Crippen molar-refractivity contribution in [1.82, 2.24) is 0 Å². The van der Waals surface area contributed by atoms with Gasteiger partial charge in [-0.3, -0.25) is 0 Å². The summed E-state index contributed by atoms with van der Waals surface area (Å²) < 4.78 is 0. The van der Waals surface area contributed by atoms with Gasteiger partial charge in [0.25, 0.3) is 0 Å². The second kappa shape index (κ2) is 92.7. The van der Waals surface area contributed by atoms with E-state index >= 15 is 0 Å². The number of hydrogen-bond donors (Lipinski definition) is 0. The summed E-state index contributed by atoms with van der Waals surface area (Å²) in [4.78, 5) is 60.6. The molecular formula is C72H138MoO12-6. The standard InChI is InChI=1S/6C12H24O2.Mo/c6*1-2-3-4-5-6-7-8-9-10-11-12(13)14;/h6*2-11H2,1H3,(H,13,14);/p-6. The van der Waals surface area contributed by atoms with E-state index in [-0.39, 0.29) is 59.6 Å². The zero-order chi connectivity index (χ0) is 63.9. The Bertz CT molecular complexity index is 1050. The molecule has 0 N–H and O–H groups in total. The van der Waals surface area contributed by atoms with Crippen molar-refractivity contribution in [3.05, 3.63) is 0 Å². The Morgan fingerprint density at radius 2 is 0.224 bits per heavy atom. The van der Waals surface area contributed by atoms with Crippen molar-refractivity contribution in [3.63, 3.8) is 0 Å². The maximum atomic E-state index is 10.1. The first-order valence-corrected chi connectivity index (χ1v) is 35.8. The Kier molecular flexibility index (Phi) is 105. The Morgan fingerprint density at radius 3 is 0.294 bits per heavy atom. The Morgan fingerprint density at radius 1 is 0.153 bits per heavy atom. The van der Waals surface area contributed by atoms with Crippen LogP contribution in [0.25, 0.3) is 0 Å². The third-order valence-corrected chi connectivity index (χ3v) is 14.9. The molecule has 85 heavy (non-hydrogen) atoms. The van der Waals surface area contributed by atoms with E-state index in [1.165, 1.54) is 270 Å². The van der Waals surface area contributed by atoms with Crippen LogP contribution in [-0.4, -0.2) is 35.8 Å². The van der Waals surface area contributed by atoms with Crippen LogP contribution in [0, 0.1) is 0 Å². The van der Waals surface area contributed by atoms with Crippen LogP contribution in [0.1, 0.15) is 427 Å². The number of carboxylic acids is 6. The van der Waals surface area contributed by atoms with Crippen LogP contribution in [0.15, 0.2) is 0 Å². The molecule has 0 atom stereocenters. The van der Waals surface area contributed by atoms with Crippen LogP contribution < -0.4 is 30.6 Å². The first-order chi connectivity index (χ1) is 40.6. The maximum absolute atomic E-state index is 10.1. The number of aliphatic carboxylic acids is 6. The van der Waals surface area contributed by atoms with Crippen molar-refractivity contribution in [1.29, 1.82) is 0 Å². The van der Waals surface area contributed by atoms with Gasteiger partial charge in [0.2, 0.25) is 0 Å². The van der Waals surface area contributed by atoms with Crippen LogP contribution in [0.3, 0.4) is 0 Å². The van der Waals surface area contributed by atoms with Crippen molar-refractivity contribution >= 4 is 35.8 Å². The first-order valence-electron chi connectivity index (χ1n) is 35.8. The van der Waals surface area contributed by atoms with E-state index in [2.05, 4.69) is 41.5 Å². The monoisotopic (exact) mass is 1290 g/mol. The zero-order valence-corrected chi connectivity index (χ0v) is 58.7. The summed E-state index contributed by atoms with van der Waals surface area (Å²) in [6.45, 7) is 13.3. The van der Waals surface area contributed by atoms with Gasteiger partial charge in [0.15, 0.2) is 0 Å². The van der Waals surface area contributed by atoms with Crippen LogP contribution in [0.4, 0.5) is 0 Å². The number of carboxylic acid groups (broad SMARTS) is 6. The maximum Gasteiger partial charge on any atom is 0.0414 e. The van der Waals surface area contributed by atoms with Gasteiger partial charge in [-0.25, -0.2) is 0 Å². The molecule has 0 unspecified atom stereocenters. The third kappa shape index (κ3) is 128. The molecule has 510 valence electrons. The minimum Gasteiger partial charge on any atom is -0.550 e. The number of carbonyl (C=O) groups is 6. The van der Waals surface area contributed by atoms with Crippen molar-refractivity contribution in [3.8, 4) is 0 Å². The Hall–Kier alpha value is -2.49. The number of rotatable bonds is 60. The third-order valence-electron chi connectivity index (χ3n) is 14.9. The van der Waals surface area contributed by atoms with Gasteiger partial charge >= 0.3 is 0 Å². The molecule has 0 bridgehead atoms. The van der Waals surface area contributed by atoms with E-state index in [1.54, 1.807) is 0 Å². The number of carbonyl (C=O) groups excluding carboxylic acids is 6. The van der Waals surface area contributed by atoms with Gasteiger partial charge in [-0.2, -0.15) is 0 Å². The summed E-state index contributed by atoms with van der Waals surface area (Å²) in [5.41, 5.74) is 0. The molecule has 0 aliphatic rings. The summed E-state index contributed by atoms with van der Waals surface area (Å²) in [5, 5.41) is 60.6. The molecule has 0 aliphatic heterocycles. The second-order valence-corrected chi connectivity index (χ2v) is 23.7. The van der Waals surface area contributed by atoms with Crippen molar-refractivity contribution in [2.24, 2.45) is 0 Å². The van der Waals surface area contributed by atoms with E-state index in [4.69, 9.17) is 0 Å². The quantitative estimate of drug-likeness (QED) is 0.0408. The predicted octanol–water partition coefficient (Wildman–Crippen LogP) is 15.9. The number of hydrogen-bond acceptors (Lipinski definition) is 12. The predicted molar refractivity (Wildman–Crippen MR) is 341 cm³/mol. The molecule has 0 aromatic rings. The smallest absolute Gasteiger partial charge is 0.0414 e. The Balaban J connectivity index is -0.000000171. The SMILES string of the molecule is CCCCCCCCCCCC(=O)[O-].CCCCCCCCCCCC(=O)[O-].CCCCCCCCCCCC(=O)[O-].CCCCCCCCCCCC(=O)[O-].CCCCCCCCCCCC(=O)[O-].CCCCCCCCCCCC(=O)[O-].[Mo]. The average molecular weight is 1290 g/mol. The zero-order valence-electron chi connectivity index (χ0n) is 56.7. The van der Waals surface area contributed by atoms with E-state index in [0.29, 0.717) is 0 Å². The summed E-state index contributed by atoms with van der Waals surface area (Å²) in [6, 6.07) is 0. The molecule has 0 rings (SSSR count). The molecule has 0 saturated carbocycles. The van der Waals surface area contributed by atoms with E-state index in [9.17, 15) is 59.4 Å². The van der Waals surface area contributed by atoms with Gasteiger partial charge in [0.05, 0.1) is 0 Å². The number of unbranched alkanes of at least 4 members (excludes halogenated alkanes) is 48. The molecule has 0 aliphatic carbocycles. The van der Waals surface area contributed by atoms with Gasteiger partial charge in [-0.15, -0.1) is 0 Å². The van der Waals surface area contributed by atoms with Crippen molar-refractivity contribution < 1.29 is 80.5 Å². The Labute approximate surface area is 540 Å². The molecule has 0 aromatic carbocycles. The van der Waals surface area contributed by atoms with Crippen LogP contribution >= 0.6 is 0 Å². The van der Waals surface area contributed by atoms with Crippen molar-refractivity contribution in [2.75, 3.05) is 0 Å². The molecule has 12 nitrogen and oxygen atoms in total. The molecule has 0 spiro atoms. The molecule has 0 heterocycles. The summed E-state index contributed by atoms with van der Waals surface area (Å²) in [6.07, 6.45) is 67.0. The molecule has 0 amide bonds. The molecule has 0 aromatic heterocycles. The molecule has 13 heteroatoms. The minimum atomic E-state index is -0.909. The molecule has 0 fully saturated rings. The summed E-state index contributed by atoms with van der Waals surface area (Å²) in [5.74, 6) is -5.46. The van der Waals surface area contributed by atoms with Crippen LogP contribution in [0.2, 0.25) is 0 Å². The fourth-order valence-corrected chi connectivity index (χ4v) is 9.48. The fraction of sp³-hybridized carbons (Fsp3) is 0.917. The topological polar surface area (TPSA) is 241 Å². The van der Waals surface area contributed by atoms with E-state index in [1.807, 2.05) is 0 Å². The van der Waals surface area contributed by atoms with E-state index in [0.717, 1.165) is 77.0 Å². The second-order valence-electron chi connectivity index (χ2n) is 23.7. The van der Waals surface area contributed by atoms with Gasteiger partial charge < -0.3 is 59.4 Å². The largest absolute Gasteiger partial charge is 0.550 e. The van der Waals surface area contributed by atoms with Gasteiger partial charge in [0, 0.05) is 56.9 Å². The molecule has 0 radical (unpaired) electrons. The van der Waals surface area contributed by atoms with Crippen molar-refractivity contribution in [2.45, 2.75) is 427 Å². The molecular weight excluding hydrogens is 1150 g/mol. The van der Waals surface area contributed by atoms with Gasteiger partial charge in [-0.05, 0) is 77.0 Å². The van der Waals surface area contributed by atoms with Gasteiger partial charge in [-0.1, -0.05) is 350 Å². The van der Waals surface area contributed by atoms with E-state index < -0.39 is 35.8 Å². The fourth-order valence-electron chi connectivity index (χ4n) is 9.48. The first kappa shape index (κ1) is 96.1. The average Bonchev–Trinajstić information content (AvgIpc) is 3.45.